The monoisotopic (exact) mass is 212 g/mol. The van der Waals surface area contributed by atoms with Gasteiger partial charge in [-0.15, -0.1) is 0 Å². The molecular formula is C11H16O4. The third-order valence-corrected chi connectivity index (χ3v) is 2.94. The van der Waals surface area contributed by atoms with Crippen molar-refractivity contribution in [2.45, 2.75) is 31.5 Å². The van der Waals surface area contributed by atoms with Crippen molar-refractivity contribution < 1.29 is 19.0 Å². The lowest BCUT2D eigenvalue weighted by Gasteiger charge is -2.30. The molecule has 0 radical (unpaired) electrons. The molecule has 84 valence electrons. The lowest BCUT2D eigenvalue weighted by atomic mass is 9.92. The van der Waals surface area contributed by atoms with Crippen LogP contribution in [0, 0.1) is 0 Å². The van der Waals surface area contributed by atoms with Gasteiger partial charge in [0.1, 0.15) is 0 Å². The molecule has 1 aliphatic carbocycles. The number of carbonyl (C=O) groups excluding carboxylic acids is 1. The second-order valence-electron chi connectivity index (χ2n) is 3.93. The molecule has 1 fully saturated rings. The van der Waals surface area contributed by atoms with Crippen molar-refractivity contribution in [1.82, 2.24) is 0 Å². The topological polar surface area (TPSA) is 44.8 Å². The second kappa shape index (κ2) is 4.33. The van der Waals surface area contributed by atoms with E-state index < -0.39 is 0 Å². The van der Waals surface area contributed by atoms with Gasteiger partial charge in [-0.2, -0.15) is 0 Å². The summed E-state index contributed by atoms with van der Waals surface area (Å²) in [5, 5.41) is 0. The van der Waals surface area contributed by atoms with Crippen LogP contribution in [0.5, 0.6) is 0 Å². The molecule has 0 saturated carbocycles. The number of rotatable bonds is 2. The van der Waals surface area contributed by atoms with E-state index in [1.807, 2.05) is 6.08 Å². The van der Waals surface area contributed by atoms with Gasteiger partial charge in [-0.1, -0.05) is 11.6 Å². The van der Waals surface area contributed by atoms with Gasteiger partial charge in [0.05, 0.1) is 26.7 Å². The second-order valence-corrected chi connectivity index (χ2v) is 3.93. The SMILES string of the molecule is COC(=O)CC1=CCC2(CC1)OCCO2. The van der Waals surface area contributed by atoms with Gasteiger partial charge in [0.15, 0.2) is 5.79 Å². The summed E-state index contributed by atoms with van der Waals surface area (Å²) in [6, 6.07) is 0. The molecule has 4 nitrogen and oxygen atoms in total. The molecule has 1 aliphatic heterocycles. The van der Waals surface area contributed by atoms with E-state index >= 15 is 0 Å². The molecule has 2 rings (SSSR count). The highest BCUT2D eigenvalue weighted by atomic mass is 16.7. The van der Waals surface area contributed by atoms with Crippen molar-refractivity contribution in [3.63, 3.8) is 0 Å². The number of hydrogen-bond donors (Lipinski definition) is 0. The Morgan fingerprint density at radius 3 is 2.80 bits per heavy atom. The van der Waals surface area contributed by atoms with Crippen LogP contribution in [-0.4, -0.2) is 32.1 Å². The van der Waals surface area contributed by atoms with E-state index in [0.29, 0.717) is 19.6 Å². The highest BCUT2D eigenvalue weighted by Crippen LogP contribution is 2.35. The first-order valence-corrected chi connectivity index (χ1v) is 5.27. The molecule has 0 aromatic heterocycles. The third kappa shape index (κ3) is 2.38. The predicted molar refractivity (Wildman–Crippen MR) is 53.2 cm³/mol. The molecule has 15 heavy (non-hydrogen) atoms. The minimum absolute atomic E-state index is 0.176. The first-order valence-electron chi connectivity index (χ1n) is 5.27. The van der Waals surface area contributed by atoms with E-state index in [4.69, 9.17) is 9.47 Å². The van der Waals surface area contributed by atoms with Crippen LogP contribution in [-0.2, 0) is 19.0 Å². The molecule has 1 spiro atoms. The third-order valence-electron chi connectivity index (χ3n) is 2.94. The van der Waals surface area contributed by atoms with Crippen LogP contribution in [0.4, 0.5) is 0 Å². The summed E-state index contributed by atoms with van der Waals surface area (Å²) in [6.07, 6.45) is 4.89. The number of methoxy groups -OCH3 is 1. The molecule has 0 aromatic carbocycles. The minimum Gasteiger partial charge on any atom is -0.469 e. The van der Waals surface area contributed by atoms with Crippen LogP contribution in [0.15, 0.2) is 11.6 Å². The molecule has 0 atom stereocenters. The Labute approximate surface area is 89.2 Å². The van der Waals surface area contributed by atoms with Crippen molar-refractivity contribution in [2.75, 3.05) is 20.3 Å². The molecule has 0 N–H and O–H groups in total. The van der Waals surface area contributed by atoms with Gasteiger partial charge >= 0.3 is 5.97 Å². The summed E-state index contributed by atoms with van der Waals surface area (Å²) in [5.41, 5.74) is 1.13. The van der Waals surface area contributed by atoms with Crippen molar-refractivity contribution in [2.24, 2.45) is 0 Å². The lowest BCUT2D eigenvalue weighted by molar-refractivity contribution is -0.162. The fourth-order valence-electron chi connectivity index (χ4n) is 2.03. The molecule has 0 bridgehead atoms. The summed E-state index contributed by atoms with van der Waals surface area (Å²) in [6.45, 7) is 1.36. The zero-order valence-electron chi connectivity index (χ0n) is 8.95. The van der Waals surface area contributed by atoms with Crippen LogP contribution in [0.2, 0.25) is 0 Å². The van der Waals surface area contributed by atoms with E-state index in [1.165, 1.54) is 7.11 Å². The molecule has 1 saturated heterocycles. The quantitative estimate of drug-likeness (QED) is 0.512. The van der Waals surface area contributed by atoms with Crippen molar-refractivity contribution >= 4 is 5.97 Å². The lowest BCUT2D eigenvalue weighted by Crippen LogP contribution is -2.31. The van der Waals surface area contributed by atoms with Crippen LogP contribution in [0.25, 0.3) is 0 Å². The van der Waals surface area contributed by atoms with E-state index in [0.717, 1.165) is 24.8 Å². The zero-order chi connectivity index (χ0) is 10.7. The van der Waals surface area contributed by atoms with E-state index in [2.05, 4.69) is 4.74 Å². The fourth-order valence-corrected chi connectivity index (χ4v) is 2.03. The maximum Gasteiger partial charge on any atom is 0.309 e. The molecular weight excluding hydrogens is 196 g/mol. The van der Waals surface area contributed by atoms with Crippen LogP contribution in [0.3, 0.4) is 0 Å². The molecule has 2 aliphatic rings. The highest BCUT2D eigenvalue weighted by molar-refractivity contribution is 5.72. The predicted octanol–water partition coefficient (Wildman–Crippen LogP) is 1.40. The first kappa shape index (κ1) is 10.6. The zero-order valence-corrected chi connectivity index (χ0v) is 8.95. The molecule has 0 unspecified atom stereocenters. The van der Waals surface area contributed by atoms with Gasteiger partial charge < -0.3 is 14.2 Å². The van der Waals surface area contributed by atoms with Crippen molar-refractivity contribution in [3.05, 3.63) is 11.6 Å². The smallest absolute Gasteiger partial charge is 0.309 e. The van der Waals surface area contributed by atoms with Crippen LogP contribution >= 0.6 is 0 Å². The van der Waals surface area contributed by atoms with E-state index in [-0.39, 0.29) is 11.8 Å². The summed E-state index contributed by atoms with van der Waals surface area (Å²) < 4.78 is 15.8. The average molecular weight is 212 g/mol. The Kier molecular flexibility index (Phi) is 3.07. The Bertz CT molecular complexity index is 276. The summed E-state index contributed by atoms with van der Waals surface area (Å²) in [7, 11) is 1.41. The summed E-state index contributed by atoms with van der Waals surface area (Å²) >= 11 is 0. The van der Waals surface area contributed by atoms with Crippen LogP contribution in [0.1, 0.15) is 25.7 Å². The first-order chi connectivity index (χ1) is 7.24. The number of ether oxygens (including phenoxy) is 3. The normalized spacial score (nSPS) is 23.9. The standard InChI is InChI=1S/C11H16O4/c1-13-10(12)8-9-2-4-11(5-3-9)14-6-7-15-11/h2H,3-8H2,1H3. The van der Waals surface area contributed by atoms with Gasteiger partial charge in [-0.3, -0.25) is 4.79 Å². The fraction of sp³-hybridized carbons (Fsp3) is 0.727. The summed E-state index contributed by atoms with van der Waals surface area (Å²) in [5.74, 6) is -0.565. The van der Waals surface area contributed by atoms with E-state index in [9.17, 15) is 4.79 Å². The minimum atomic E-state index is -0.389. The van der Waals surface area contributed by atoms with Gasteiger partial charge in [-0.25, -0.2) is 0 Å². The number of hydrogen-bond acceptors (Lipinski definition) is 4. The Morgan fingerprint density at radius 2 is 2.27 bits per heavy atom. The average Bonchev–Trinajstić information content (AvgIpc) is 2.70. The van der Waals surface area contributed by atoms with E-state index in [1.54, 1.807) is 0 Å². The Morgan fingerprint density at radius 1 is 1.53 bits per heavy atom. The van der Waals surface area contributed by atoms with Gasteiger partial charge in [0.2, 0.25) is 0 Å². The van der Waals surface area contributed by atoms with Crippen molar-refractivity contribution in [3.8, 4) is 0 Å². The molecule has 4 heteroatoms. The number of carbonyl (C=O) groups is 1. The highest BCUT2D eigenvalue weighted by Gasteiger charge is 2.37. The molecule has 0 aromatic rings. The van der Waals surface area contributed by atoms with Gasteiger partial charge in [0, 0.05) is 12.8 Å². The maximum atomic E-state index is 11.1. The summed E-state index contributed by atoms with van der Waals surface area (Å²) in [4.78, 5) is 11.1. The maximum absolute atomic E-state index is 11.1. The largest absolute Gasteiger partial charge is 0.469 e. The van der Waals surface area contributed by atoms with Crippen molar-refractivity contribution in [1.29, 1.82) is 0 Å². The Hall–Kier alpha value is -0.870. The van der Waals surface area contributed by atoms with Gasteiger partial charge in [-0.05, 0) is 6.42 Å². The van der Waals surface area contributed by atoms with Gasteiger partial charge in [0.25, 0.3) is 0 Å². The Balaban J connectivity index is 1.91. The molecule has 1 heterocycles. The number of esters is 1. The van der Waals surface area contributed by atoms with Crippen LogP contribution < -0.4 is 0 Å². The molecule has 0 amide bonds.